The van der Waals surface area contributed by atoms with Crippen LogP contribution in [0.4, 0.5) is 0 Å². The van der Waals surface area contributed by atoms with E-state index in [-0.39, 0.29) is 66.1 Å². The van der Waals surface area contributed by atoms with Crippen molar-refractivity contribution in [2.45, 2.75) is 26.1 Å². The van der Waals surface area contributed by atoms with E-state index in [1.165, 1.54) is 0 Å². The summed E-state index contributed by atoms with van der Waals surface area (Å²) in [5.41, 5.74) is -0.659. The molecule has 0 aliphatic heterocycles. The fourth-order valence-electron chi connectivity index (χ4n) is 1.85. The van der Waals surface area contributed by atoms with E-state index < -0.39 is 17.6 Å². The highest BCUT2D eigenvalue weighted by molar-refractivity contribution is 4.79. The summed E-state index contributed by atoms with van der Waals surface area (Å²) >= 11 is 0. The predicted octanol–water partition coefficient (Wildman–Crippen LogP) is -1.21. The lowest BCUT2D eigenvalue weighted by atomic mass is 9.92. The second-order valence-electron chi connectivity index (χ2n) is 5.78. The molecule has 2 atom stereocenters. The third-order valence-electron chi connectivity index (χ3n) is 2.82. The lowest BCUT2D eigenvalue weighted by Crippen LogP contribution is -2.43. The van der Waals surface area contributed by atoms with Crippen LogP contribution in [0.5, 0.6) is 0 Å². The Morgan fingerprint density at radius 1 is 0.696 bits per heavy atom. The van der Waals surface area contributed by atoms with Crippen molar-refractivity contribution in [1.29, 1.82) is 0 Å². The largest absolute Gasteiger partial charge is 0.394 e. The molecule has 0 aliphatic carbocycles. The van der Waals surface area contributed by atoms with Gasteiger partial charge in [-0.05, 0) is 13.8 Å². The molecule has 0 radical (unpaired) electrons. The molecule has 140 valence electrons. The molecule has 0 aromatic rings. The monoisotopic (exact) mass is 340 g/mol. The van der Waals surface area contributed by atoms with Crippen molar-refractivity contribution in [2.24, 2.45) is 5.41 Å². The maximum absolute atomic E-state index is 9.31. The van der Waals surface area contributed by atoms with E-state index in [0.29, 0.717) is 0 Å². The maximum Gasteiger partial charge on any atom is 0.0745 e. The molecule has 23 heavy (non-hydrogen) atoms. The highest BCUT2D eigenvalue weighted by atomic mass is 16.5. The zero-order chi connectivity index (χ0) is 17.6. The van der Waals surface area contributed by atoms with Crippen LogP contribution in [0.2, 0.25) is 0 Å². The molecule has 0 saturated heterocycles. The van der Waals surface area contributed by atoms with Crippen LogP contribution in [-0.2, 0) is 18.9 Å². The van der Waals surface area contributed by atoms with Crippen molar-refractivity contribution >= 4 is 0 Å². The lowest BCUT2D eigenvalue weighted by Gasteiger charge is -2.33. The summed E-state index contributed by atoms with van der Waals surface area (Å²) in [5, 5.41) is 36.3. The van der Waals surface area contributed by atoms with Gasteiger partial charge in [-0.1, -0.05) is 0 Å². The number of aliphatic hydroxyl groups is 4. The molecule has 0 rings (SSSR count). The summed E-state index contributed by atoms with van der Waals surface area (Å²) in [6.07, 6.45) is -1.19. The van der Waals surface area contributed by atoms with Gasteiger partial charge in [0.05, 0.1) is 83.7 Å². The Morgan fingerprint density at radius 3 is 1.35 bits per heavy atom. The van der Waals surface area contributed by atoms with Gasteiger partial charge in [0.2, 0.25) is 0 Å². The SMILES string of the molecule is CC(O)COCC(COCCO)(COCCO)COCC(C)O. The minimum atomic E-state index is -0.659. The zero-order valence-electron chi connectivity index (χ0n) is 14.1. The van der Waals surface area contributed by atoms with E-state index in [1.54, 1.807) is 13.8 Å². The molecular formula is C15H32O8. The van der Waals surface area contributed by atoms with Gasteiger partial charge in [-0.15, -0.1) is 0 Å². The van der Waals surface area contributed by atoms with Gasteiger partial charge in [0.15, 0.2) is 0 Å². The fourth-order valence-corrected chi connectivity index (χ4v) is 1.85. The first-order valence-electron chi connectivity index (χ1n) is 7.84. The van der Waals surface area contributed by atoms with Crippen LogP contribution in [-0.4, -0.2) is 98.7 Å². The number of rotatable bonds is 16. The average Bonchev–Trinajstić information content (AvgIpc) is 2.47. The van der Waals surface area contributed by atoms with Gasteiger partial charge in [0.1, 0.15) is 0 Å². The maximum atomic E-state index is 9.31. The molecule has 0 fully saturated rings. The number of hydrogen-bond acceptors (Lipinski definition) is 8. The Bertz CT molecular complexity index is 234. The first-order valence-corrected chi connectivity index (χ1v) is 7.84. The van der Waals surface area contributed by atoms with Crippen molar-refractivity contribution in [1.82, 2.24) is 0 Å². The average molecular weight is 340 g/mol. The number of aliphatic hydroxyl groups excluding tert-OH is 4. The quantitative estimate of drug-likeness (QED) is 0.258. The first kappa shape index (κ1) is 22.7. The molecule has 0 aromatic heterocycles. The normalized spacial score (nSPS) is 14.9. The molecule has 0 bridgehead atoms. The molecule has 0 saturated carbocycles. The molecule has 0 heterocycles. The second kappa shape index (κ2) is 14.1. The summed E-state index contributed by atoms with van der Waals surface area (Å²) in [6, 6.07) is 0. The minimum absolute atomic E-state index is 0.101. The van der Waals surface area contributed by atoms with Crippen molar-refractivity contribution in [2.75, 3.05) is 66.1 Å². The van der Waals surface area contributed by atoms with Crippen LogP contribution in [0.15, 0.2) is 0 Å². The summed E-state index contributed by atoms with van der Waals surface area (Å²) in [6.45, 7) is 4.60. The minimum Gasteiger partial charge on any atom is -0.394 e. The van der Waals surface area contributed by atoms with Crippen LogP contribution in [0.1, 0.15) is 13.8 Å². The molecule has 8 heteroatoms. The third-order valence-corrected chi connectivity index (χ3v) is 2.82. The van der Waals surface area contributed by atoms with Crippen LogP contribution >= 0.6 is 0 Å². The van der Waals surface area contributed by atoms with Gasteiger partial charge in [0.25, 0.3) is 0 Å². The van der Waals surface area contributed by atoms with Gasteiger partial charge in [-0.3, -0.25) is 0 Å². The first-order chi connectivity index (χ1) is 11.0. The summed E-state index contributed by atoms with van der Waals surface area (Å²) < 4.78 is 21.8. The molecule has 0 aliphatic rings. The molecule has 2 unspecified atom stereocenters. The smallest absolute Gasteiger partial charge is 0.0745 e. The Labute approximate surface area is 137 Å². The highest BCUT2D eigenvalue weighted by Gasteiger charge is 2.32. The number of hydrogen-bond donors (Lipinski definition) is 4. The van der Waals surface area contributed by atoms with Crippen molar-refractivity contribution < 1.29 is 39.4 Å². The van der Waals surface area contributed by atoms with Crippen molar-refractivity contribution in [3.05, 3.63) is 0 Å². The van der Waals surface area contributed by atoms with Crippen LogP contribution < -0.4 is 0 Å². The van der Waals surface area contributed by atoms with Crippen molar-refractivity contribution in [3.8, 4) is 0 Å². The van der Waals surface area contributed by atoms with Crippen LogP contribution in [0, 0.1) is 5.41 Å². The van der Waals surface area contributed by atoms with E-state index >= 15 is 0 Å². The van der Waals surface area contributed by atoms with E-state index in [2.05, 4.69) is 0 Å². The second-order valence-corrected chi connectivity index (χ2v) is 5.78. The molecule has 0 amide bonds. The van der Waals surface area contributed by atoms with Crippen LogP contribution in [0.3, 0.4) is 0 Å². The van der Waals surface area contributed by atoms with E-state index in [1.807, 2.05) is 0 Å². The standard InChI is InChI=1S/C15H32O8/c1-13(18)7-22-11-15(9-20-5-3-16,10-21-6-4-17)12-23-8-14(2)19/h13-14,16-19H,3-12H2,1-2H3. The molecule has 8 nitrogen and oxygen atoms in total. The van der Waals surface area contributed by atoms with Gasteiger partial charge in [-0.2, -0.15) is 0 Å². The van der Waals surface area contributed by atoms with Crippen molar-refractivity contribution in [3.63, 3.8) is 0 Å². The van der Waals surface area contributed by atoms with Gasteiger partial charge >= 0.3 is 0 Å². The molecular weight excluding hydrogens is 308 g/mol. The summed E-state index contributed by atoms with van der Waals surface area (Å²) in [4.78, 5) is 0. The van der Waals surface area contributed by atoms with Crippen LogP contribution in [0.25, 0.3) is 0 Å². The molecule has 0 aromatic carbocycles. The molecule has 4 N–H and O–H groups in total. The third kappa shape index (κ3) is 12.7. The van der Waals surface area contributed by atoms with Gasteiger partial charge in [0, 0.05) is 0 Å². The van der Waals surface area contributed by atoms with E-state index in [9.17, 15) is 10.2 Å². The molecule has 0 spiro atoms. The zero-order valence-corrected chi connectivity index (χ0v) is 14.1. The Balaban J connectivity index is 4.68. The van der Waals surface area contributed by atoms with Gasteiger partial charge < -0.3 is 39.4 Å². The Morgan fingerprint density at radius 2 is 1.04 bits per heavy atom. The van der Waals surface area contributed by atoms with Gasteiger partial charge in [-0.25, -0.2) is 0 Å². The summed E-state index contributed by atoms with van der Waals surface area (Å²) in [5.74, 6) is 0. The number of ether oxygens (including phenoxy) is 4. The lowest BCUT2D eigenvalue weighted by molar-refractivity contribution is -0.122. The fraction of sp³-hybridized carbons (Fsp3) is 1.00. The Kier molecular flexibility index (Phi) is 13.9. The van der Waals surface area contributed by atoms with E-state index in [4.69, 9.17) is 29.2 Å². The topological polar surface area (TPSA) is 118 Å². The highest BCUT2D eigenvalue weighted by Crippen LogP contribution is 2.21. The van der Waals surface area contributed by atoms with E-state index in [0.717, 1.165) is 0 Å². The Hall–Kier alpha value is -0.320. The summed E-state index contributed by atoms with van der Waals surface area (Å²) in [7, 11) is 0. The predicted molar refractivity (Wildman–Crippen MR) is 83.2 cm³/mol.